The number of benzene rings is 1. The number of rotatable bonds is 6. The zero-order valence-electron chi connectivity index (χ0n) is 13.4. The smallest absolute Gasteiger partial charge is 0.478 e. The molecule has 9 nitrogen and oxygen atoms in total. The number of nitrogens with zero attached hydrogens (tertiary/aromatic N) is 4. The Bertz CT molecular complexity index is 926. The van der Waals surface area contributed by atoms with Crippen LogP contribution in [0.1, 0.15) is 16.2 Å². The summed E-state index contributed by atoms with van der Waals surface area (Å²) >= 11 is 0. The molecule has 2 rings (SSSR count). The van der Waals surface area contributed by atoms with Gasteiger partial charge in [-0.3, -0.25) is 0 Å². The van der Waals surface area contributed by atoms with Gasteiger partial charge in [0.2, 0.25) is 10.0 Å². The molecule has 0 amide bonds. The van der Waals surface area contributed by atoms with E-state index in [1.54, 1.807) is 7.05 Å². The molecule has 1 N–H and O–H groups in total. The van der Waals surface area contributed by atoms with Crippen molar-refractivity contribution in [2.75, 3.05) is 7.05 Å². The molecule has 0 radical (unpaired) electrons. The van der Waals surface area contributed by atoms with Gasteiger partial charge in [-0.1, -0.05) is 0 Å². The van der Waals surface area contributed by atoms with Gasteiger partial charge in [-0.05, 0) is 18.2 Å². The summed E-state index contributed by atoms with van der Waals surface area (Å²) in [5, 5.41) is 16.2. The maximum Gasteiger partial charge on any atom is 0.573 e. The lowest BCUT2D eigenvalue weighted by Gasteiger charge is -2.19. The number of hydrogen-bond acceptors (Lipinski definition) is 6. The number of carboxylic acids is 1. The first kappa shape index (κ1) is 19.7. The third kappa shape index (κ3) is 4.29. The number of aromatic carboxylic acids is 1. The lowest BCUT2D eigenvalue weighted by Crippen LogP contribution is -2.29. The Hall–Kier alpha value is -2.67. The third-order valence-electron chi connectivity index (χ3n) is 3.27. The molecule has 0 aliphatic rings. The summed E-state index contributed by atoms with van der Waals surface area (Å²) in [5.41, 5.74) is -0.556. The molecule has 0 saturated heterocycles. The van der Waals surface area contributed by atoms with Crippen molar-refractivity contribution < 1.29 is 36.2 Å². The Balaban J connectivity index is 2.46. The Morgan fingerprint density at radius 1 is 1.38 bits per heavy atom. The molecule has 1 aromatic carbocycles. The predicted octanol–water partition coefficient (Wildman–Crippen LogP) is 1.23. The highest BCUT2D eigenvalue weighted by Crippen LogP contribution is 2.32. The molecule has 0 aliphatic heterocycles. The van der Waals surface area contributed by atoms with Crippen molar-refractivity contribution in [2.24, 2.45) is 7.05 Å². The van der Waals surface area contributed by atoms with Crippen LogP contribution in [0.3, 0.4) is 0 Å². The SMILES string of the molecule is CN(Cc1nncn1C)S(=O)(=O)c1ccc(C(=O)O)cc1OC(F)(F)F. The van der Waals surface area contributed by atoms with Crippen LogP contribution in [0.4, 0.5) is 13.2 Å². The molecule has 0 bridgehead atoms. The number of alkyl halides is 3. The van der Waals surface area contributed by atoms with Crippen LogP contribution in [-0.4, -0.2) is 52.0 Å². The highest BCUT2D eigenvalue weighted by Gasteiger charge is 2.35. The van der Waals surface area contributed by atoms with Crippen LogP contribution in [0.5, 0.6) is 5.75 Å². The van der Waals surface area contributed by atoms with Gasteiger partial charge in [0, 0.05) is 14.1 Å². The van der Waals surface area contributed by atoms with Gasteiger partial charge in [0.05, 0.1) is 12.1 Å². The van der Waals surface area contributed by atoms with Crippen LogP contribution in [-0.2, 0) is 23.6 Å². The van der Waals surface area contributed by atoms with E-state index in [1.165, 1.54) is 10.9 Å². The molecule has 1 aromatic heterocycles. The van der Waals surface area contributed by atoms with Crippen LogP contribution in [0.2, 0.25) is 0 Å². The lowest BCUT2D eigenvalue weighted by atomic mass is 10.2. The van der Waals surface area contributed by atoms with E-state index in [1.807, 2.05) is 0 Å². The zero-order chi connectivity index (χ0) is 19.7. The van der Waals surface area contributed by atoms with Crippen molar-refractivity contribution >= 4 is 16.0 Å². The summed E-state index contributed by atoms with van der Waals surface area (Å²) in [6.45, 7) is -0.273. The Morgan fingerprint density at radius 2 is 2.04 bits per heavy atom. The maximum atomic E-state index is 12.6. The maximum absolute atomic E-state index is 12.6. The molecular weight excluding hydrogens is 381 g/mol. The number of aromatic nitrogens is 3. The Kier molecular flexibility index (Phi) is 5.23. The predicted molar refractivity (Wildman–Crippen MR) is 79.7 cm³/mol. The van der Waals surface area contributed by atoms with E-state index >= 15 is 0 Å². The van der Waals surface area contributed by atoms with E-state index in [0.717, 1.165) is 23.5 Å². The summed E-state index contributed by atoms with van der Waals surface area (Å²) in [6, 6.07) is 2.11. The second-order valence-corrected chi connectivity index (χ2v) is 7.15. The minimum absolute atomic E-state index is 0.247. The van der Waals surface area contributed by atoms with Gasteiger partial charge in [-0.15, -0.1) is 23.4 Å². The van der Waals surface area contributed by atoms with Gasteiger partial charge in [-0.25, -0.2) is 13.2 Å². The first-order valence-corrected chi connectivity index (χ1v) is 8.28. The number of carboxylic acid groups (broad SMARTS) is 1. The van der Waals surface area contributed by atoms with E-state index in [2.05, 4.69) is 14.9 Å². The average Bonchev–Trinajstić information content (AvgIpc) is 2.90. The highest BCUT2D eigenvalue weighted by atomic mass is 32.2. The van der Waals surface area contributed by atoms with Crippen molar-refractivity contribution in [3.8, 4) is 5.75 Å². The summed E-state index contributed by atoms with van der Waals surface area (Å²) in [7, 11) is -1.75. The average molecular weight is 394 g/mol. The molecule has 13 heteroatoms. The fourth-order valence-electron chi connectivity index (χ4n) is 1.96. The monoisotopic (exact) mass is 394 g/mol. The Morgan fingerprint density at radius 3 is 2.54 bits per heavy atom. The number of aryl methyl sites for hydroxylation is 1. The van der Waals surface area contributed by atoms with E-state index in [-0.39, 0.29) is 12.4 Å². The lowest BCUT2D eigenvalue weighted by molar-refractivity contribution is -0.275. The second-order valence-electron chi connectivity index (χ2n) is 5.13. The molecule has 0 unspecified atom stereocenters. The zero-order valence-corrected chi connectivity index (χ0v) is 14.2. The van der Waals surface area contributed by atoms with Crippen molar-refractivity contribution in [2.45, 2.75) is 17.8 Å². The van der Waals surface area contributed by atoms with Crippen molar-refractivity contribution in [3.05, 3.63) is 35.9 Å². The standard InChI is InChI=1S/C13H13F3N4O5S/c1-19-7-17-18-11(19)6-20(2)26(23,24)10-4-3-8(12(21)22)5-9(10)25-13(14,15)16/h3-5,7H,6H2,1-2H3,(H,21,22). The Labute approximate surface area is 145 Å². The molecule has 142 valence electrons. The highest BCUT2D eigenvalue weighted by molar-refractivity contribution is 7.89. The topological polar surface area (TPSA) is 115 Å². The molecule has 0 atom stereocenters. The van der Waals surface area contributed by atoms with Gasteiger partial charge in [-0.2, -0.15) is 4.31 Å². The van der Waals surface area contributed by atoms with Crippen LogP contribution >= 0.6 is 0 Å². The van der Waals surface area contributed by atoms with Crippen molar-refractivity contribution in [1.29, 1.82) is 0 Å². The molecular formula is C13H13F3N4O5S. The van der Waals surface area contributed by atoms with Gasteiger partial charge in [0.15, 0.2) is 0 Å². The minimum Gasteiger partial charge on any atom is -0.478 e. The molecule has 0 fully saturated rings. The van der Waals surface area contributed by atoms with E-state index in [4.69, 9.17) is 5.11 Å². The largest absolute Gasteiger partial charge is 0.573 e. The van der Waals surface area contributed by atoms with Gasteiger partial charge >= 0.3 is 12.3 Å². The van der Waals surface area contributed by atoms with Crippen LogP contribution in [0.25, 0.3) is 0 Å². The summed E-state index contributed by atoms with van der Waals surface area (Å²) in [6.07, 6.45) is -3.88. The molecule has 1 heterocycles. The molecule has 2 aromatic rings. The fourth-order valence-corrected chi connectivity index (χ4v) is 3.18. The molecule has 0 aliphatic carbocycles. The van der Waals surface area contributed by atoms with Crippen molar-refractivity contribution in [1.82, 2.24) is 19.1 Å². The molecule has 0 spiro atoms. The molecule has 0 saturated carbocycles. The number of sulfonamides is 1. The first-order valence-electron chi connectivity index (χ1n) is 6.84. The van der Waals surface area contributed by atoms with Crippen LogP contribution < -0.4 is 4.74 Å². The van der Waals surface area contributed by atoms with E-state index in [0.29, 0.717) is 6.07 Å². The van der Waals surface area contributed by atoms with Gasteiger partial charge < -0.3 is 14.4 Å². The number of carbonyl (C=O) groups is 1. The number of hydrogen-bond donors (Lipinski definition) is 1. The second kappa shape index (κ2) is 6.92. The minimum atomic E-state index is -5.20. The normalized spacial score (nSPS) is 12.4. The summed E-state index contributed by atoms with van der Waals surface area (Å²) in [5.74, 6) is -2.42. The number of halogens is 3. The molecule has 26 heavy (non-hydrogen) atoms. The van der Waals surface area contributed by atoms with Crippen LogP contribution in [0, 0.1) is 0 Å². The fraction of sp³-hybridized carbons (Fsp3) is 0.308. The number of ether oxygens (including phenoxy) is 1. The first-order chi connectivity index (χ1) is 11.9. The van der Waals surface area contributed by atoms with E-state index < -0.39 is 38.6 Å². The third-order valence-corrected chi connectivity index (χ3v) is 5.12. The van der Waals surface area contributed by atoms with Crippen molar-refractivity contribution in [3.63, 3.8) is 0 Å². The van der Waals surface area contributed by atoms with Crippen LogP contribution in [0.15, 0.2) is 29.4 Å². The summed E-state index contributed by atoms with van der Waals surface area (Å²) < 4.78 is 69.0. The van der Waals surface area contributed by atoms with Gasteiger partial charge in [0.1, 0.15) is 22.8 Å². The van der Waals surface area contributed by atoms with Gasteiger partial charge in [0.25, 0.3) is 0 Å². The quantitative estimate of drug-likeness (QED) is 0.784. The van der Waals surface area contributed by atoms with E-state index in [9.17, 15) is 26.4 Å². The summed E-state index contributed by atoms with van der Waals surface area (Å²) in [4.78, 5) is 10.1.